The lowest BCUT2D eigenvalue weighted by Gasteiger charge is -2.03. The third-order valence-electron chi connectivity index (χ3n) is 3.47. The van der Waals surface area contributed by atoms with Gasteiger partial charge in [0, 0.05) is 11.9 Å². The predicted octanol–water partition coefficient (Wildman–Crippen LogP) is 6.60. The van der Waals surface area contributed by atoms with Gasteiger partial charge in [0.2, 0.25) is 0 Å². The number of ether oxygens (including phenoxy) is 1. The summed E-state index contributed by atoms with van der Waals surface area (Å²) >= 11 is 3.47. The second kappa shape index (κ2) is 14.6. The molecule has 0 heterocycles. The van der Waals surface area contributed by atoms with Crippen molar-refractivity contribution in [2.45, 2.75) is 66.2 Å². The van der Waals surface area contributed by atoms with E-state index in [1.165, 1.54) is 29.6 Å². The normalized spacial score (nSPS) is 13.9. The van der Waals surface area contributed by atoms with E-state index in [9.17, 15) is 0 Å². The molecule has 0 saturated heterocycles. The smallest absolute Gasteiger partial charge is 0.0649 e. The summed E-state index contributed by atoms with van der Waals surface area (Å²) < 4.78 is 5.56. The van der Waals surface area contributed by atoms with Crippen molar-refractivity contribution in [3.8, 4) is 0 Å². The Morgan fingerprint density at radius 1 is 0.905 bits per heavy atom. The topological polar surface area (TPSA) is 9.23 Å². The minimum absolute atomic E-state index is 0.769. The first-order chi connectivity index (χ1) is 10.1. The molecule has 0 fully saturated rings. The van der Waals surface area contributed by atoms with Crippen LogP contribution >= 0.6 is 15.9 Å². The molecule has 0 aromatic rings. The van der Waals surface area contributed by atoms with E-state index < -0.39 is 0 Å². The van der Waals surface area contributed by atoms with Crippen LogP contribution in [0.4, 0.5) is 0 Å². The molecule has 0 bridgehead atoms. The zero-order valence-electron chi connectivity index (χ0n) is 14.4. The van der Waals surface area contributed by atoms with Gasteiger partial charge in [0.15, 0.2) is 0 Å². The zero-order chi connectivity index (χ0) is 15.9. The van der Waals surface area contributed by atoms with Crippen molar-refractivity contribution in [2.75, 3.05) is 18.5 Å². The van der Waals surface area contributed by atoms with Crippen LogP contribution in [0, 0.1) is 0 Å². The summed E-state index contributed by atoms with van der Waals surface area (Å²) in [7, 11) is 0. The average Bonchev–Trinajstić information content (AvgIpc) is 2.46. The van der Waals surface area contributed by atoms with Gasteiger partial charge in [-0.25, -0.2) is 0 Å². The molecule has 0 amide bonds. The van der Waals surface area contributed by atoms with E-state index in [1.807, 2.05) is 0 Å². The Hall–Kier alpha value is -0.340. The van der Waals surface area contributed by atoms with Crippen molar-refractivity contribution >= 4 is 15.9 Å². The van der Waals surface area contributed by atoms with Crippen LogP contribution in [0.1, 0.15) is 66.2 Å². The monoisotopic (exact) mass is 356 g/mol. The highest BCUT2D eigenvalue weighted by Gasteiger charge is 1.93. The van der Waals surface area contributed by atoms with Gasteiger partial charge in [-0.05, 0) is 52.9 Å². The summed E-state index contributed by atoms with van der Waals surface area (Å²) in [5.74, 6) is 0. The van der Waals surface area contributed by atoms with Crippen LogP contribution in [0.2, 0.25) is 0 Å². The molecule has 21 heavy (non-hydrogen) atoms. The van der Waals surface area contributed by atoms with Gasteiger partial charge < -0.3 is 4.74 Å². The number of alkyl halides is 1. The van der Waals surface area contributed by atoms with Gasteiger partial charge in [0.25, 0.3) is 0 Å². The second-order valence-electron chi connectivity index (χ2n) is 5.79. The molecular formula is C19H33BrO. The molecule has 0 atom stereocenters. The van der Waals surface area contributed by atoms with Crippen molar-refractivity contribution in [3.05, 3.63) is 34.9 Å². The maximum atomic E-state index is 5.56. The first-order valence-corrected chi connectivity index (χ1v) is 9.32. The Balaban J connectivity index is 3.78. The molecule has 0 aromatic heterocycles. The van der Waals surface area contributed by atoms with Crippen molar-refractivity contribution in [1.82, 2.24) is 0 Å². The number of halogens is 1. The van der Waals surface area contributed by atoms with Gasteiger partial charge in [0.1, 0.15) is 0 Å². The van der Waals surface area contributed by atoms with Crippen molar-refractivity contribution in [1.29, 1.82) is 0 Å². The van der Waals surface area contributed by atoms with Crippen LogP contribution < -0.4 is 0 Å². The van der Waals surface area contributed by atoms with Crippen LogP contribution in [0.25, 0.3) is 0 Å². The largest absolute Gasteiger partial charge is 0.377 e. The SMILES string of the molecule is CCCCOC/C=C(\C)CC/C=C(\C)CC/C=C(\C)CBr. The highest BCUT2D eigenvalue weighted by Crippen LogP contribution is 2.11. The second-order valence-corrected chi connectivity index (χ2v) is 6.35. The summed E-state index contributed by atoms with van der Waals surface area (Å²) in [6, 6.07) is 0. The maximum absolute atomic E-state index is 5.56. The molecule has 0 aliphatic rings. The average molecular weight is 357 g/mol. The van der Waals surface area contributed by atoms with Crippen LogP contribution in [0.15, 0.2) is 34.9 Å². The number of hydrogen-bond donors (Lipinski definition) is 0. The molecule has 2 heteroatoms. The van der Waals surface area contributed by atoms with E-state index in [0.29, 0.717) is 0 Å². The molecule has 0 spiro atoms. The third kappa shape index (κ3) is 14.4. The van der Waals surface area contributed by atoms with E-state index in [0.717, 1.165) is 44.2 Å². The van der Waals surface area contributed by atoms with Gasteiger partial charge in [-0.3, -0.25) is 0 Å². The fourth-order valence-corrected chi connectivity index (χ4v) is 2.11. The van der Waals surface area contributed by atoms with Crippen LogP contribution in [-0.2, 0) is 4.74 Å². The summed E-state index contributed by atoms with van der Waals surface area (Å²) in [4.78, 5) is 0. The number of allylic oxidation sites excluding steroid dienone is 5. The molecule has 0 radical (unpaired) electrons. The molecule has 0 aliphatic heterocycles. The predicted molar refractivity (Wildman–Crippen MR) is 99.3 cm³/mol. The molecule has 0 N–H and O–H groups in total. The molecule has 0 rings (SSSR count). The first-order valence-electron chi connectivity index (χ1n) is 8.20. The molecule has 1 nitrogen and oxygen atoms in total. The molecule has 0 aromatic carbocycles. The number of unbranched alkanes of at least 4 members (excludes halogenated alkanes) is 1. The van der Waals surface area contributed by atoms with Gasteiger partial charge in [-0.1, -0.05) is 64.2 Å². The molecule has 0 aliphatic carbocycles. The highest BCUT2D eigenvalue weighted by molar-refractivity contribution is 9.09. The third-order valence-corrected chi connectivity index (χ3v) is 4.35. The fraction of sp³-hybridized carbons (Fsp3) is 0.684. The minimum atomic E-state index is 0.769. The molecule has 0 unspecified atom stereocenters. The lowest BCUT2D eigenvalue weighted by molar-refractivity contribution is 0.158. The summed E-state index contributed by atoms with van der Waals surface area (Å²) in [5.41, 5.74) is 4.36. The summed E-state index contributed by atoms with van der Waals surface area (Å²) in [6.45, 7) is 10.5. The van der Waals surface area contributed by atoms with Crippen LogP contribution in [-0.4, -0.2) is 18.5 Å². The lowest BCUT2D eigenvalue weighted by Crippen LogP contribution is -1.94. The van der Waals surface area contributed by atoms with E-state index in [2.05, 4.69) is 61.9 Å². The Morgan fingerprint density at radius 3 is 2.05 bits per heavy atom. The standard InChI is InChI=1S/C19H33BrO/c1-5-6-14-21-15-13-18(3)11-7-9-17(2)10-8-12-19(4)16-20/h9,12-13H,5-8,10-11,14-16H2,1-4H3/b17-9+,18-13+,19-12+. The number of rotatable bonds is 12. The molecule has 122 valence electrons. The van der Waals surface area contributed by atoms with E-state index in [4.69, 9.17) is 4.74 Å². The van der Waals surface area contributed by atoms with Gasteiger partial charge in [0.05, 0.1) is 6.61 Å². The number of hydrogen-bond acceptors (Lipinski definition) is 1. The fourth-order valence-electron chi connectivity index (χ4n) is 1.88. The van der Waals surface area contributed by atoms with Crippen LogP contribution in [0.3, 0.4) is 0 Å². The Labute approximate surface area is 140 Å². The molecule has 0 saturated carbocycles. The minimum Gasteiger partial charge on any atom is -0.377 e. The zero-order valence-corrected chi connectivity index (χ0v) is 16.0. The lowest BCUT2D eigenvalue weighted by atomic mass is 10.1. The maximum Gasteiger partial charge on any atom is 0.0649 e. The van der Waals surface area contributed by atoms with E-state index in [1.54, 1.807) is 0 Å². The van der Waals surface area contributed by atoms with Crippen molar-refractivity contribution < 1.29 is 4.74 Å². The van der Waals surface area contributed by atoms with Crippen molar-refractivity contribution in [3.63, 3.8) is 0 Å². The summed E-state index contributed by atoms with van der Waals surface area (Å²) in [5, 5.41) is 0.986. The van der Waals surface area contributed by atoms with E-state index >= 15 is 0 Å². The van der Waals surface area contributed by atoms with Crippen molar-refractivity contribution in [2.24, 2.45) is 0 Å². The van der Waals surface area contributed by atoms with Gasteiger partial charge >= 0.3 is 0 Å². The van der Waals surface area contributed by atoms with Crippen LogP contribution in [0.5, 0.6) is 0 Å². The van der Waals surface area contributed by atoms with Gasteiger partial charge in [-0.2, -0.15) is 0 Å². The highest BCUT2D eigenvalue weighted by atomic mass is 79.9. The quantitative estimate of drug-likeness (QED) is 0.217. The van der Waals surface area contributed by atoms with E-state index in [-0.39, 0.29) is 0 Å². The first kappa shape index (κ1) is 20.7. The Morgan fingerprint density at radius 2 is 1.48 bits per heavy atom. The molecular weight excluding hydrogens is 324 g/mol. The Kier molecular flexibility index (Phi) is 14.4. The summed E-state index contributed by atoms with van der Waals surface area (Å²) in [6.07, 6.45) is 13.9. The van der Waals surface area contributed by atoms with Gasteiger partial charge in [-0.15, -0.1) is 0 Å². The Bertz CT molecular complexity index is 339.